The Morgan fingerprint density at radius 1 is 0.852 bits per heavy atom. The van der Waals surface area contributed by atoms with Crippen molar-refractivity contribution >= 4 is 68.0 Å². The number of rotatable bonds is 4. The fourth-order valence-corrected chi connectivity index (χ4v) is 1.72. The predicted molar refractivity (Wildman–Crippen MR) is 123 cm³/mol. The van der Waals surface area contributed by atoms with Gasteiger partial charge in [-0.15, -0.1) is 0 Å². The van der Waals surface area contributed by atoms with Gasteiger partial charge in [0.15, 0.2) is 33.1 Å². The van der Waals surface area contributed by atoms with Crippen LogP contribution in [0.15, 0.2) is 55.8 Å². The summed E-state index contributed by atoms with van der Waals surface area (Å²) in [6, 6.07) is 7.31. The third kappa shape index (κ3) is 10.8. The molecule has 0 fully saturated rings. The molecular weight excluding hydrogens is 474 g/mol. The summed E-state index contributed by atoms with van der Waals surface area (Å²) < 4.78 is 11.5. The van der Waals surface area contributed by atoms with Crippen molar-refractivity contribution in [1.82, 2.24) is 0 Å². The number of furan rings is 2. The largest absolute Gasteiger partial charge is 0.519 e. The number of hydrogen-bond acceptors (Lipinski definition) is 6. The van der Waals surface area contributed by atoms with Gasteiger partial charge in [0.2, 0.25) is 0 Å². The van der Waals surface area contributed by atoms with Crippen LogP contribution < -0.4 is 0 Å². The topological polar surface area (TPSA) is 79.2 Å². The minimum absolute atomic E-state index is 0. The van der Waals surface area contributed by atoms with Crippen LogP contribution in [0.2, 0.25) is 0 Å². The summed E-state index contributed by atoms with van der Waals surface area (Å²) in [6.07, 6.45) is 7.00. The third-order valence-corrected chi connectivity index (χ3v) is 4.86. The van der Waals surface area contributed by atoms with E-state index in [9.17, 15) is 0 Å². The van der Waals surface area contributed by atoms with Crippen LogP contribution in [0.3, 0.4) is 0 Å². The molecule has 2 heterocycles. The number of hydrogen-bond donors (Lipinski definition) is 0. The Hall–Kier alpha value is -0.997. The molecule has 0 atom stereocenters. The Kier molecular flexibility index (Phi) is 14.4. The smallest absolute Gasteiger partial charge is 0.174 e. The molecule has 0 N–H and O–H groups in total. The van der Waals surface area contributed by atoms with E-state index in [4.69, 9.17) is 8.83 Å². The van der Waals surface area contributed by atoms with E-state index in [2.05, 4.69) is 45.5 Å². The van der Waals surface area contributed by atoms with Crippen LogP contribution in [-0.4, -0.2) is 32.6 Å². The summed E-state index contributed by atoms with van der Waals surface area (Å²) >= 11 is 11.0. The fraction of sp³-hybridized carbons (Fsp3) is 0.250. The minimum atomic E-state index is 0. The van der Waals surface area contributed by atoms with Crippen LogP contribution in [0.5, 0.6) is 0 Å². The number of nitrogens with zero attached hydrogens (tertiary/aromatic N) is 4. The zero-order valence-corrected chi connectivity index (χ0v) is 21.9. The molecule has 0 saturated heterocycles. The summed E-state index contributed by atoms with van der Waals surface area (Å²) in [4.78, 5) is 0. The average Bonchev–Trinajstić information content (AvgIpc) is 3.37. The van der Waals surface area contributed by atoms with E-state index in [-0.39, 0.29) is 19.5 Å². The number of thiol groups is 2. The van der Waals surface area contributed by atoms with E-state index >= 15 is 0 Å². The third-order valence-electron chi connectivity index (χ3n) is 2.69. The van der Waals surface area contributed by atoms with Gasteiger partial charge >= 0.3 is 0 Å². The zero-order valence-electron chi connectivity index (χ0n) is 15.5. The van der Waals surface area contributed by atoms with Crippen LogP contribution in [-0.2, 0) is 43.9 Å². The fourth-order valence-electron chi connectivity index (χ4n) is 1.38. The maximum atomic E-state index is 5.13. The molecule has 0 spiro atoms. The molecule has 2 aromatic heterocycles. The first-order chi connectivity index (χ1) is 12.5. The van der Waals surface area contributed by atoms with Gasteiger partial charge in [0.1, 0.15) is 11.5 Å². The summed E-state index contributed by atoms with van der Waals surface area (Å²) in [5, 5.41) is 7.90. The van der Waals surface area contributed by atoms with E-state index in [1.165, 1.54) is 23.5 Å². The van der Waals surface area contributed by atoms with Crippen LogP contribution in [0.1, 0.15) is 25.4 Å². The molecule has 0 aliphatic rings. The Balaban J connectivity index is 0.000000483. The van der Waals surface area contributed by atoms with Gasteiger partial charge in [0.25, 0.3) is 0 Å². The van der Waals surface area contributed by atoms with Gasteiger partial charge in [-0.05, 0) is 50.6 Å². The molecule has 0 aliphatic carbocycles. The van der Waals surface area contributed by atoms with Crippen molar-refractivity contribution in [2.45, 2.75) is 13.8 Å². The summed E-state index contributed by atoms with van der Waals surface area (Å²) in [5.74, 6) is 1.46. The quantitative estimate of drug-likeness (QED) is 0.159. The van der Waals surface area contributed by atoms with Crippen LogP contribution in [0.4, 0.5) is 0 Å². The van der Waals surface area contributed by atoms with E-state index in [1.807, 2.05) is 50.6 Å². The van der Waals surface area contributed by atoms with Crippen LogP contribution in [0.25, 0.3) is 10.9 Å². The van der Waals surface area contributed by atoms with Crippen molar-refractivity contribution < 1.29 is 28.3 Å². The molecule has 0 bridgehead atoms. The molecule has 6 nitrogen and oxygen atoms in total. The van der Waals surface area contributed by atoms with E-state index in [1.54, 1.807) is 12.5 Å². The Morgan fingerprint density at radius 2 is 1.22 bits per heavy atom. The van der Waals surface area contributed by atoms with E-state index in [0.29, 0.717) is 8.64 Å². The molecule has 0 saturated carbocycles. The monoisotopic (exact) mass is 492 g/mol. The second-order valence-electron chi connectivity index (χ2n) is 4.50. The van der Waals surface area contributed by atoms with Gasteiger partial charge in [-0.3, -0.25) is 0 Å². The molecular formula is C16H20N4O2S4Zn. The zero-order chi connectivity index (χ0) is 19.4. The minimum Gasteiger partial charge on any atom is -0.519 e. The van der Waals surface area contributed by atoms with E-state index in [0.717, 1.165) is 22.9 Å². The maximum absolute atomic E-state index is 5.13. The molecule has 2 aromatic rings. The van der Waals surface area contributed by atoms with Gasteiger partial charge < -0.3 is 29.9 Å². The van der Waals surface area contributed by atoms with Gasteiger partial charge in [-0.1, -0.05) is 23.5 Å². The molecule has 142 valence electrons. The van der Waals surface area contributed by atoms with Crippen molar-refractivity contribution in [3.8, 4) is 0 Å². The molecule has 11 heteroatoms. The van der Waals surface area contributed by atoms with Gasteiger partial charge in [-0.25, -0.2) is 0 Å². The molecule has 0 amide bonds. The second-order valence-corrected chi connectivity index (χ2v) is 7.54. The summed E-state index contributed by atoms with van der Waals surface area (Å²) in [7, 11) is 0. The predicted octanol–water partition coefficient (Wildman–Crippen LogP) is 4.21. The summed E-state index contributed by atoms with van der Waals surface area (Å²) in [6.45, 7) is 3.67. The molecule has 0 aromatic carbocycles. The maximum Gasteiger partial charge on any atom is 0.174 e. The molecule has 0 unspecified atom stereocenters. The SMILES string of the molecule is CSC(=[SH+])[N-]N=C(C)c1ccco1.CSC(=[SH+])[N-]N=C(C)c1ccco1.[Zn]. The molecule has 0 aliphatic heterocycles. The normalized spacial score (nSPS) is 11.0. The standard InChI is InChI=1S/2C8H10N2OS2.Zn/c2*1-6(7-4-3-5-11-7)9-10-8(12)13-2;/h2*3-5H,1-2H3,(H,10,12);. The van der Waals surface area contributed by atoms with Crippen molar-refractivity contribution in [1.29, 1.82) is 0 Å². The van der Waals surface area contributed by atoms with Crippen LogP contribution >= 0.6 is 23.5 Å². The van der Waals surface area contributed by atoms with E-state index < -0.39 is 0 Å². The first-order valence-corrected chi connectivity index (χ1v) is 10.6. The second kappa shape index (κ2) is 15.0. The van der Waals surface area contributed by atoms with Gasteiger partial charge in [0, 0.05) is 19.5 Å². The first kappa shape index (κ1) is 26.0. The first-order valence-electron chi connectivity index (χ1n) is 7.26. The number of thioether (sulfide) groups is 2. The molecule has 27 heavy (non-hydrogen) atoms. The van der Waals surface area contributed by atoms with Gasteiger partial charge in [0.05, 0.1) is 23.9 Å². The van der Waals surface area contributed by atoms with Gasteiger partial charge in [-0.2, -0.15) is 0 Å². The Labute approximate surface area is 191 Å². The summed E-state index contributed by atoms with van der Waals surface area (Å²) in [5.41, 5.74) is 9.22. The molecule has 0 radical (unpaired) electrons. The van der Waals surface area contributed by atoms with Crippen molar-refractivity contribution in [3.63, 3.8) is 0 Å². The Bertz CT molecular complexity index is 682. The van der Waals surface area contributed by atoms with Crippen molar-refractivity contribution in [2.75, 3.05) is 12.5 Å². The Morgan fingerprint density at radius 3 is 1.48 bits per heavy atom. The van der Waals surface area contributed by atoms with Crippen LogP contribution in [0, 0.1) is 0 Å². The van der Waals surface area contributed by atoms with Crippen molar-refractivity contribution in [3.05, 3.63) is 59.2 Å². The van der Waals surface area contributed by atoms with Crippen molar-refractivity contribution in [2.24, 2.45) is 10.2 Å². The average molecular weight is 494 g/mol. The molecule has 2 rings (SSSR count).